The van der Waals surface area contributed by atoms with E-state index in [2.05, 4.69) is 5.32 Å². The van der Waals surface area contributed by atoms with Crippen LogP contribution < -0.4 is 34.0 Å². The van der Waals surface area contributed by atoms with Crippen molar-refractivity contribution in [3.8, 4) is 0 Å². The molecule has 0 aromatic rings. The summed E-state index contributed by atoms with van der Waals surface area (Å²) in [5.74, 6) is -0.413. The van der Waals surface area contributed by atoms with Crippen LogP contribution in [0, 0.1) is 0 Å². The second-order valence-electron chi connectivity index (χ2n) is 11.9. The molecule has 45 heavy (non-hydrogen) atoms. The molecule has 19 atom stereocenters. The lowest BCUT2D eigenvalue weighted by Gasteiger charge is -2.47. The number of aliphatic hydroxyl groups is 7. The molecule has 1 saturated carbocycles. The van der Waals surface area contributed by atoms with Crippen LogP contribution >= 0.6 is 0 Å². The second kappa shape index (κ2) is 15.3. The fourth-order valence-electron chi connectivity index (χ4n) is 5.96. The fourth-order valence-corrected chi connectivity index (χ4v) is 5.96. The van der Waals surface area contributed by atoms with Crippen LogP contribution in [0.2, 0.25) is 0 Å². The van der Waals surface area contributed by atoms with Crippen LogP contribution in [-0.4, -0.2) is 178 Å². The Kier molecular flexibility index (Phi) is 12.5. The highest BCUT2D eigenvalue weighted by Gasteiger charge is 2.54. The zero-order valence-corrected chi connectivity index (χ0v) is 24.7. The van der Waals surface area contributed by atoms with Crippen molar-refractivity contribution in [2.75, 3.05) is 19.7 Å². The number of carbonyl (C=O) groups excluding carboxylic acids is 1. The van der Waals surface area contributed by atoms with Crippen LogP contribution in [0.4, 0.5) is 0 Å². The first kappa shape index (κ1) is 36.6. The highest BCUT2D eigenvalue weighted by atomic mass is 16.8. The van der Waals surface area contributed by atoms with Gasteiger partial charge in [-0.05, 0) is 6.42 Å². The van der Waals surface area contributed by atoms with Gasteiger partial charge in [0.05, 0.1) is 24.8 Å². The minimum atomic E-state index is -1.65. The van der Waals surface area contributed by atoms with E-state index in [4.69, 9.17) is 57.1 Å². The summed E-state index contributed by atoms with van der Waals surface area (Å²) in [7, 11) is 0. The van der Waals surface area contributed by atoms with Gasteiger partial charge in [-0.15, -0.1) is 0 Å². The molecule has 4 rings (SSSR count). The summed E-state index contributed by atoms with van der Waals surface area (Å²) in [6.07, 6.45) is -20.5. The third-order valence-corrected chi connectivity index (χ3v) is 8.69. The standard InChI is InChI=1S/C25H48N6O14/c1-6(33)31-4-10-16(36)18(38)13(30)24(41-10)44-21-11(5-32)42-25(19(21)39)45-22-14(34)7(27)2-8(28)20(22)43-23-12(29)17(37)15(35)9(3-26)40-23/h7-25,32,34-39H,2-5,26-30H2,1H3,(H,31,33)/t7-,8?,9?,10?,11-,12?,13?,14?,15-,16-,17?,18?,19?,20-,21?,22?,23-,24-,25+/m1/s1. The summed E-state index contributed by atoms with van der Waals surface area (Å²) in [6, 6.07) is -4.31. The maximum Gasteiger partial charge on any atom is 0.216 e. The topological polar surface area (TPSA) is 356 Å². The van der Waals surface area contributed by atoms with Crippen molar-refractivity contribution in [2.45, 2.75) is 130 Å². The summed E-state index contributed by atoms with van der Waals surface area (Å²) < 4.78 is 34.9. The molecular formula is C25H48N6O14. The van der Waals surface area contributed by atoms with Crippen molar-refractivity contribution in [1.82, 2.24) is 5.32 Å². The van der Waals surface area contributed by atoms with E-state index in [0.29, 0.717) is 0 Å². The van der Waals surface area contributed by atoms with E-state index < -0.39 is 129 Å². The van der Waals surface area contributed by atoms with Crippen molar-refractivity contribution in [3.05, 3.63) is 0 Å². The molecular weight excluding hydrogens is 608 g/mol. The van der Waals surface area contributed by atoms with Gasteiger partial charge in [0.2, 0.25) is 5.91 Å². The molecule has 11 unspecified atom stereocenters. The van der Waals surface area contributed by atoms with Crippen molar-refractivity contribution in [3.63, 3.8) is 0 Å². The molecule has 0 bridgehead atoms. The summed E-state index contributed by atoms with van der Waals surface area (Å²) in [6.45, 7) is 0.223. The third-order valence-electron chi connectivity index (χ3n) is 8.69. The van der Waals surface area contributed by atoms with Crippen molar-refractivity contribution < 1.29 is 69.0 Å². The van der Waals surface area contributed by atoms with E-state index in [1.807, 2.05) is 0 Å². The Morgan fingerprint density at radius 2 is 1.20 bits per heavy atom. The monoisotopic (exact) mass is 656 g/mol. The van der Waals surface area contributed by atoms with E-state index in [-0.39, 0.29) is 19.5 Å². The van der Waals surface area contributed by atoms with Crippen LogP contribution in [-0.2, 0) is 33.2 Å². The van der Waals surface area contributed by atoms with Gasteiger partial charge in [-0.2, -0.15) is 0 Å². The molecule has 20 heteroatoms. The second-order valence-corrected chi connectivity index (χ2v) is 11.9. The van der Waals surface area contributed by atoms with Gasteiger partial charge in [0.1, 0.15) is 67.1 Å². The molecule has 3 saturated heterocycles. The average molecular weight is 657 g/mol. The average Bonchev–Trinajstić information content (AvgIpc) is 3.30. The first-order valence-corrected chi connectivity index (χ1v) is 14.8. The Bertz CT molecular complexity index is 975. The van der Waals surface area contributed by atoms with E-state index in [1.165, 1.54) is 6.92 Å². The molecule has 20 nitrogen and oxygen atoms in total. The maximum absolute atomic E-state index is 11.4. The molecule has 0 aromatic carbocycles. The number of rotatable bonds is 10. The molecule has 0 aromatic heterocycles. The van der Waals surface area contributed by atoms with Gasteiger partial charge in [0.25, 0.3) is 0 Å². The lowest BCUT2D eigenvalue weighted by molar-refractivity contribution is -0.306. The number of nitrogens with two attached hydrogens (primary N) is 5. The van der Waals surface area contributed by atoms with Gasteiger partial charge >= 0.3 is 0 Å². The smallest absolute Gasteiger partial charge is 0.216 e. The Balaban J connectivity index is 1.49. The minimum absolute atomic E-state index is 0.0724. The van der Waals surface area contributed by atoms with Gasteiger partial charge < -0.3 is 98.2 Å². The van der Waals surface area contributed by atoms with Gasteiger partial charge in [-0.1, -0.05) is 0 Å². The lowest BCUT2D eigenvalue weighted by atomic mass is 9.84. The van der Waals surface area contributed by atoms with Crippen LogP contribution in [0.25, 0.3) is 0 Å². The van der Waals surface area contributed by atoms with Crippen LogP contribution in [0.15, 0.2) is 0 Å². The van der Waals surface area contributed by atoms with Gasteiger partial charge in [0.15, 0.2) is 18.9 Å². The molecule has 0 radical (unpaired) electrons. The fraction of sp³-hybridized carbons (Fsp3) is 0.960. The molecule has 18 N–H and O–H groups in total. The van der Waals surface area contributed by atoms with Gasteiger partial charge in [0, 0.05) is 32.1 Å². The van der Waals surface area contributed by atoms with Crippen LogP contribution in [0.3, 0.4) is 0 Å². The van der Waals surface area contributed by atoms with E-state index in [9.17, 15) is 40.5 Å². The highest BCUT2D eigenvalue weighted by molar-refractivity contribution is 5.72. The normalized spacial score (nSPS) is 50.8. The highest BCUT2D eigenvalue weighted by Crippen LogP contribution is 2.34. The SMILES string of the molecule is CC(=O)NCC1O[C@H](OC2C(O)[C@H](OC3C(O)[C@H](N)CC(N)[C@H]3O[C@H]3OC(CN)[C@@H](O)C(O)C3N)O[C@@H]2CO)C(N)C(O)[C@@H]1O. The first-order chi connectivity index (χ1) is 21.2. The Morgan fingerprint density at radius 3 is 1.76 bits per heavy atom. The molecule has 4 aliphatic rings. The predicted molar refractivity (Wildman–Crippen MR) is 148 cm³/mol. The number of hydrogen-bond donors (Lipinski definition) is 13. The van der Waals surface area contributed by atoms with Crippen molar-refractivity contribution >= 4 is 5.91 Å². The first-order valence-electron chi connectivity index (χ1n) is 14.8. The number of amides is 1. The third kappa shape index (κ3) is 7.74. The van der Waals surface area contributed by atoms with Gasteiger partial charge in [-0.25, -0.2) is 0 Å². The van der Waals surface area contributed by atoms with Gasteiger partial charge in [-0.3, -0.25) is 4.79 Å². The Morgan fingerprint density at radius 1 is 0.689 bits per heavy atom. The molecule has 0 spiro atoms. The Labute approximate surface area is 258 Å². The molecule has 3 aliphatic heterocycles. The van der Waals surface area contributed by atoms with Crippen LogP contribution in [0.1, 0.15) is 13.3 Å². The van der Waals surface area contributed by atoms with Crippen LogP contribution in [0.5, 0.6) is 0 Å². The number of aliphatic hydroxyl groups excluding tert-OH is 7. The molecule has 3 heterocycles. The van der Waals surface area contributed by atoms with Crippen molar-refractivity contribution in [2.24, 2.45) is 28.7 Å². The zero-order valence-electron chi connectivity index (χ0n) is 24.7. The minimum Gasteiger partial charge on any atom is -0.394 e. The van der Waals surface area contributed by atoms with E-state index in [0.717, 1.165) is 0 Å². The number of ether oxygens (including phenoxy) is 6. The quantitative estimate of drug-likeness (QED) is 0.104. The summed E-state index contributed by atoms with van der Waals surface area (Å²) in [5.41, 5.74) is 30.1. The Hall–Kier alpha value is -1.25. The lowest BCUT2D eigenvalue weighted by Crippen LogP contribution is -2.68. The molecule has 4 fully saturated rings. The largest absolute Gasteiger partial charge is 0.394 e. The number of nitrogens with one attached hydrogen (secondary N) is 1. The molecule has 1 aliphatic carbocycles. The summed E-state index contributed by atoms with van der Waals surface area (Å²) >= 11 is 0. The van der Waals surface area contributed by atoms with E-state index in [1.54, 1.807) is 0 Å². The summed E-state index contributed by atoms with van der Waals surface area (Å²) in [5, 5.41) is 76.1. The summed E-state index contributed by atoms with van der Waals surface area (Å²) in [4.78, 5) is 11.4. The van der Waals surface area contributed by atoms with E-state index >= 15 is 0 Å². The molecule has 262 valence electrons. The maximum atomic E-state index is 11.4. The zero-order chi connectivity index (χ0) is 33.3. The number of hydrogen-bond acceptors (Lipinski definition) is 19. The molecule has 1 amide bonds. The number of carbonyl (C=O) groups is 1. The van der Waals surface area contributed by atoms with Crippen molar-refractivity contribution in [1.29, 1.82) is 0 Å². The predicted octanol–water partition coefficient (Wildman–Crippen LogP) is -8.72.